The quantitative estimate of drug-likeness (QED) is 0.566. The molecule has 174 valence electrons. The number of ether oxygens (including phenoxy) is 3. The van der Waals surface area contributed by atoms with Gasteiger partial charge in [-0.05, 0) is 31.4 Å². The highest BCUT2D eigenvalue weighted by Crippen LogP contribution is 2.33. The number of rotatable bonds is 9. The Balaban J connectivity index is 2.11. The summed E-state index contributed by atoms with van der Waals surface area (Å²) in [6.45, 7) is 6.93. The topological polar surface area (TPSA) is 107 Å². The van der Waals surface area contributed by atoms with Crippen LogP contribution in [0.15, 0.2) is 30.5 Å². The van der Waals surface area contributed by atoms with E-state index in [0.717, 1.165) is 0 Å². The molecule has 0 aliphatic rings. The third-order valence-electron chi connectivity index (χ3n) is 5.12. The third kappa shape index (κ3) is 5.66. The number of benzene rings is 1. The summed E-state index contributed by atoms with van der Waals surface area (Å²) in [5.41, 5.74) is 0.126. The number of pyridine rings is 1. The molecule has 1 heterocycles. The number of amides is 1. The van der Waals surface area contributed by atoms with Crippen LogP contribution in [0.3, 0.4) is 0 Å². The van der Waals surface area contributed by atoms with Gasteiger partial charge in [0.05, 0.1) is 14.2 Å². The molecule has 0 aliphatic heterocycles. The minimum Gasteiger partial charge on any atom is -0.503 e. The fourth-order valence-electron chi connectivity index (χ4n) is 3.51. The maximum atomic E-state index is 14.6. The number of nitrogens with zero attached hydrogens (tertiary/aromatic N) is 1. The zero-order valence-electron chi connectivity index (χ0n) is 19.0. The molecule has 1 aromatic heterocycles. The van der Waals surface area contributed by atoms with Crippen molar-refractivity contribution in [1.82, 2.24) is 10.3 Å². The number of carbonyl (C=O) groups is 2. The van der Waals surface area contributed by atoms with Crippen LogP contribution in [0.5, 0.6) is 17.2 Å². The number of hydrogen-bond acceptors (Lipinski definition) is 7. The Hall–Kier alpha value is -3.36. The highest BCUT2D eigenvalue weighted by Gasteiger charge is 2.30. The smallest absolute Gasteiger partial charge is 0.328 e. The van der Waals surface area contributed by atoms with Gasteiger partial charge in [0, 0.05) is 24.2 Å². The Morgan fingerprint density at radius 3 is 2.34 bits per heavy atom. The SMILES string of the molecule is COc1ccc([C@H](C(C)C)[C@H](C)OC(=O)[C@H](C)NC(=O)c2nccc(OC)c2O)c(F)c1. The lowest BCUT2D eigenvalue weighted by Gasteiger charge is -2.29. The van der Waals surface area contributed by atoms with E-state index in [1.807, 2.05) is 13.8 Å². The number of hydrogen-bond donors (Lipinski definition) is 2. The summed E-state index contributed by atoms with van der Waals surface area (Å²) < 4.78 is 30.2. The zero-order valence-corrected chi connectivity index (χ0v) is 19.0. The van der Waals surface area contributed by atoms with Gasteiger partial charge in [0.25, 0.3) is 5.91 Å². The van der Waals surface area contributed by atoms with Gasteiger partial charge in [-0.15, -0.1) is 0 Å². The second-order valence-corrected chi connectivity index (χ2v) is 7.70. The van der Waals surface area contributed by atoms with Gasteiger partial charge in [-0.2, -0.15) is 0 Å². The van der Waals surface area contributed by atoms with Gasteiger partial charge in [0.15, 0.2) is 17.2 Å². The number of aromatic nitrogens is 1. The Kier molecular flexibility index (Phi) is 8.40. The van der Waals surface area contributed by atoms with Crippen molar-refractivity contribution in [2.24, 2.45) is 5.92 Å². The van der Waals surface area contributed by atoms with E-state index in [1.165, 1.54) is 39.5 Å². The average molecular weight is 448 g/mol. The molecule has 0 unspecified atom stereocenters. The normalized spacial score (nSPS) is 13.8. The first-order valence-electron chi connectivity index (χ1n) is 10.2. The number of halogens is 1. The summed E-state index contributed by atoms with van der Waals surface area (Å²) in [6.07, 6.45) is 0.628. The molecule has 8 nitrogen and oxygen atoms in total. The summed E-state index contributed by atoms with van der Waals surface area (Å²) in [5.74, 6) is -2.34. The summed E-state index contributed by atoms with van der Waals surface area (Å²) >= 11 is 0. The van der Waals surface area contributed by atoms with E-state index in [9.17, 15) is 19.1 Å². The molecule has 0 spiro atoms. The predicted octanol–water partition coefficient (Wildman–Crippen LogP) is 3.43. The minimum absolute atomic E-state index is 0.0384. The van der Waals surface area contributed by atoms with Crippen LogP contribution in [0.1, 0.15) is 49.7 Å². The van der Waals surface area contributed by atoms with E-state index in [-0.39, 0.29) is 17.4 Å². The standard InChI is InChI=1S/C23H29FN2O6/c1-12(2)19(16-8-7-15(30-5)11-17(16)24)14(4)32-23(29)13(3)26-22(28)20-21(27)18(31-6)9-10-25-20/h7-14,19,27H,1-6H3,(H,26,28)/t13-,14-,19+/m0/s1. The van der Waals surface area contributed by atoms with Crippen LogP contribution < -0.4 is 14.8 Å². The van der Waals surface area contributed by atoms with E-state index in [0.29, 0.717) is 11.3 Å². The van der Waals surface area contributed by atoms with Gasteiger partial charge < -0.3 is 24.6 Å². The van der Waals surface area contributed by atoms with Gasteiger partial charge in [-0.25, -0.2) is 14.2 Å². The second-order valence-electron chi connectivity index (χ2n) is 7.70. The lowest BCUT2D eigenvalue weighted by molar-refractivity contribution is -0.151. The molecule has 1 aromatic carbocycles. The highest BCUT2D eigenvalue weighted by atomic mass is 19.1. The maximum absolute atomic E-state index is 14.6. The fraction of sp³-hybridized carbons (Fsp3) is 0.435. The predicted molar refractivity (Wildman–Crippen MR) is 115 cm³/mol. The Morgan fingerprint density at radius 2 is 1.78 bits per heavy atom. The van der Waals surface area contributed by atoms with Gasteiger partial charge >= 0.3 is 5.97 Å². The summed E-state index contributed by atoms with van der Waals surface area (Å²) in [7, 11) is 2.80. The van der Waals surface area contributed by atoms with Crippen LogP contribution in [0.25, 0.3) is 0 Å². The third-order valence-corrected chi connectivity index (χ3v) is 5.12. The molecule has 2 rings (SSSR count). The lowest BCUT2D eigenvalue weighted by atomic mass is 9.84. The van der Waals surface area contributed by atoms with E-state index in [4.69, 9.17) is 14.2 Å². The Bertz CT molecular complexity index is 965. The second kappa shape index (κ2) is 10.8. The molecule has 0 saturated carbocycles. The first kappa shape index (κ1) is 24.9. The molecule has 0 aliphatic carbocycles. The lowest BCUT2D eigenvalue weighted by Crippen LogP contribution is -2.42. The van der Waals surface area contributed by atoms with Crippen molar-refractivity contribution in [3.63, 3.8) is 0 Å². The van der Waals surface area contributed by atoms with Crippen LogP contribution in [0.4, 0.5) is 4.39 Å². The number of methoxy groups -OCH3 is 2. The van der Waals surface area contributed by atoms with E-state index in [2.05, 4.69) is 10.3 Å². The maximum Gasteiger partial charge on any atom is 0.328 e. The molecular weight excluding hydrogens is 419 g/mol. The van der Waals surface area contributed by atoms with Crippen molar-refractivity contribution in [3.05, 3.63) is 47.5 Å². The molecular formula is C23H29FN2O6. The van der Waals surface area contributed by atoms with Crippen molar-refractivity contribution in [1.29, 1.82) is 0 Å². The van der Waals surface area contributed by atoms with Gasteiger partial charge in [-0.3, -0.25) is 4.79 Å². The van der Waals surface area contributed by atoms with Crippen LogP contribution in [0.2, 0.25) is 0 Å². The molecule has 32 heavy (non-hydrogen) atoms. The van der Waals surface area contributed by atoms with E-state index >= 15 is 0 Å². The summed E-state index contributed by atoms with van der Waals surface area (Å²) in [6, 6.07) is 4.92. The monoisotopic (exact) mass is 448 g/mol. The van der Waals surface area contributed by atoms with Crippen LogP contribution >= 0.6 is 0 Å². The van der Waals surface area contributed by atoms with E-state index < -0.39 is 41.5 Å². The molecule has 0 radical (unpaired) electrons. The number of carbonyl (C=O) groups excluding carboxylic acids is 2. The number of nitrogens with one attached hydrogen (secondary N) is 1. The summed E-state index contributed by atoms with van der Waals surface area (Å²) in [5, 5.41) is 12.5. The van der Waals surface area contributed by atoms with Crippen molar-refractivity contribution in [2.75, 3.05) is 14.2 Å². The highest BCUT2D eigenvalue weighted by molar-refractivity contribution is 5.97. The largest absolute Gasteiger partial charge is 0.503 e. The molecule has 9 heteroatoms. The van der Waals surface area contributed by atoms with Gasteiger partial charge in [0.2, 0.25) is 0 Å². The first-order valence-corrected chi connectivity index (χ1v) is 10.2. The minimum atomic E-state index is -1.04. The summed E-state index contributed by atoms with van der Waals surface area (Å²) in [4.78, 5) is 28.9. The first-order chi connectivity index (χ1) is 15.1. The van der Waals surface area contributed by atoms with Crippen molar-refractivity contribution in [2.45, 2.75) is 45.8 Å². The molecule has 0 fully saturated rings. The number of esters is 1. The van der Waals surface area contributed by atoms with Gasteiger partial charge in [-0.1, -0.05) is 19.9 Å². The number of aromatic hydroxyl groups is 1. The van der Waals surface area contributed by atoms with Crippen LogP contribution in [-0.4, -0.2) is 48.3 Å². The zero-order chi connectivity index (χ0) is 24.0. The Morgan fingerprint density at radius 1 is 1.09 bits per heavy atom. The van der Waals surface area contributed by atoms with Crippen LogP contribution in [0, 0.1) is 11.7 Å². The fourth-order valence-corrected chi connectivity index (χ4v) is 3.51. The molecule has 2 aromatic rings. The van der Waals surface area contributed by atoms with Crippen molar-refractivity contribution in [3.8, 4) is 17.2 Å². The molecule has 0 bridgehead atoms. The Labute approximate surface area is 186 Å². The molecule has 1 amide bonds. The van der Waals surface area contributed by atoms with E-state index in [1.54, 1.807) is 19.1 Å². The molecule has 2 N–H and O–H groups in total. The average Bonchev–Trinajstić information content (AvgIpc) is 2.74. The van der Waals surface area contributed by atoms with Crippen molar-refractivity contribution < 1.29 is 33.3 Å². The molecule has 0 saturated heterocycles. The van der Waals surface area contributed by atoms with Crippen molar-refractivity contribution >= 4 is 11.9 Å². The molecule has 3 atom stereocenters. The van der Waals surface area contributed by atoms with Gasteiger partial charge in [0.1, 0.15) is 23.7 Å². The van der Waals surface area contributed by atoms with Crippen LogP contribution in [-0.2, 0) is 9.53 Å².